The summed E-state index contributed by atoms with van der Waals surface area (Å²) in [6.07, 6.45) is 0.722. The zero-order valence-corrected chi connectivity index (χ0v) is 25.1. The van der Waals surface area contributed by atoms with Gasteiger partial charge in [-0.2, -0.15) is 0 Å². The smallest absolute Gasteiger partial charge is 0.264 e. The first-order chi connectivity index (χ1) is 19.6. The van der Waals surface area contributed by atoms with E-state index >= 15 is 0 Å². The number of hydrogen-bond donors (Lipinski definition) is 1. The first-order valence-electron chi connectivity index (χ1n) is 13.6. The molecule has 9 nitrogen and oxygen atoms in total. The van der Waals surface area contributed by atoms with Crippen molar-refractivity contribution in [3.8, 4) is 11.5 Å². The van der Waals surface area contributed by atoms with E-state index in [2.05, 4.69) is 5.32 Å². The fraction of sp³-hybridized carbons (Fsp3) is 0.355. The Morgan fingerprint density at radius 2 is 1.61 bits per heavy atom. The summed E-state index contributed by atoms with van der Waals surface area (Å²) < 4.78 is 40.1. The largest absolute Gasteiger partial charge is 0.497 e. The van der Waals surface area contributed by atoms with Crippen LogP contribution < -0.4 is 19.1 Å². The summed E-state index contributed by atoms with van der Waals surface area (Å²) in [5, 5.41) is 2.93. The summed E-state index contributed by atoms with van der Waals surface area (Å²) in [5.74, 6) is 0.0444. The lowest BCUT2D eigenvalue weighted by atomic mass is 10.1. The van der Waals surface area contributed by atoms with Gasteiger partial charge in [0.2, 0.25) is 11.8 Å². The molecule has 0 aliphatic heterocycles. The Hall–Kier alpha value is -4.05. The molecular formula is C31H39N3O6S. The molecule has 2 atom stereocenters. The van der Waals surface area contributed by atoms with E-state index in [1.54, 1.807) is 81.6 Å². The number of anilines is 1. The zero-order chi connectivity index (χ0) is 30.0. The SMILES string of the molecule is CCOc1ccccc1N(CC(=O)N(Cc1cccc(OC)c1)[C@H](C)C(=O)N[C@H](C)CC)S(=O)(=O)c1ccccc1. The molecule has 10 heteroatoms. The topological polar surface area (TPSA) is 105 Å². The van der Waals surface area contributed by atoms with Crippen molar-refractivity contribution >= 4 is 27.5 Å². The highest BCUT2D eigenvalue weighted by atomic mass is 32.2. The van der Waals surface area contributed by atoms with Gasteiger partial charge in [-0.25, -0.2) is 8.42 Å². The third-order valence-corrected chi connectivity index (χ3v) is 8.47. The highest BCUT2D eigenvalue weighted by Crippen LogP contribution is 2.33. The normalized spacial score (nSPS) is 12.6. The lowest BCUT2D eigenvalue weighted by molar-refractivity contribution is -0.139. The minimum absolute atomic E-state index is 0.0287. The number of rotatable bonds is 14. The third-order valence-electron chi connectivity index (χ3n) is 6.70. The monoisotopic (exact) mass is 581 g/mol. The maximum absolute atomic E-state index is 14.1. The molecule has 0 heterocycles. The van der Waals surface area contributed by atoms with Crippen LogP contribution in [-0.4, -0.2) is 57.5 Å². The second-order valence-electron chi connectivity index (χ2n) is 9.59. The lowest BCUT2D eigenvalue weighted by Crippen LogP contribution is -2.52. The highest BCUT2D eigenvalue weighted by Gasteiger charge is 2.34. The number of nitrogens with zero attached hydrogens (tertiary/aromatic N) is 2. The van der Waals surface area contributed by atoms with Gasteiger partial charge in [-0.3, -0.25) is 13.9 Å². The average molecular weight is 582 g/mol. The van der Waals surface area contributed by atoms with Crippen LogP contribution in [0.25, 0.3) is 0 Å². The number of amides is 2. The van der Waals surface area contributed by atoms with Crippen LogP contribution in [0.5, 0.6) is 11.5 Å². The van der Waals surface area contributed by atoms with Crippen molar-refractivity contribution in [2.45, 2.75) is 57.6 Å². The zero-order valence-electron chi connectivity index (χ0n) is 24.2. The molecule has 2 amide bonds. The summed E-state index contributed by atoms with van der Waals surface area (Å²) in [7, 11) is -2.64. The summed E-state index contributed by atoms with van der Waals surface area (Å²) in [4.78, 5) is 28.7. The third kappa shape index (κ3) is 8.00. The minimum Gasteiger partial charge on any atom is -0.497 e. The Balaban J connectivity index is 2.07. The van der Waals surface area contributed by atoms with E-state index in [4.69, 9.17) is 9.47 Å². The molecule has 0 aliphatic carbocycles. The van der Waals surface area contributed by atoms with Crippen molar-refractivity contribution < 1.29 is 27.5 Å². The average Bonchev–Trinajstić information content (AvgIpc) is 2.99. The van der Waals surface area contributed by atoms with Crippen LogP contribution in [0.1, 0.15) is 39.7 Å². The molecule has 3 rings (SSSR count). The first-order valence-corrected chi connectivity index (χ1v) is 15.1. The van der Waals surface area contributed by atoms with Gasteiger partial charge in [0.05, 0.1) is 24.3 Å². The van der Waals surface area contributed by atoms with E-state index in [1.165, 1.54) is 17.0 Å². The molecule has 220 valence electrons. The number of sulfonamides is 1. The van der Waals surface area contributed by atoms with Gasteiger partial charge in [-0.15, -0.1) is 0 Å². The molecule has 0 bridgehead atoms. The Morgan fingerprint density at radius 1 is 0.927 bits per heavy atom. The number of carbonyl (C=O) groups excluding carboxylic acids is 2. The van der Waals surface area contributed by atoms with Crippen LogP contribution in [0.2, 0.25) is 0 Å². The quantitative estimate of drug-likeness (QED) is 0.298. The molecule has 0 fully saturated rings. The molecule has 3 aromatic carbocycles. The summed E-state index contributed by atoms with van der Waals surface area (Å²) in [6.45, 7) is 7.10. The molecular weight excluding hydrogens is 542 g/mol. The molecule has 0 saturated carbocycles. The van der Waals surface area contributed by atoms with Gasteiger partial charge in [0.15, 0.2) is 0 Å². The number of methoxy groups -OCH3 is 1. The van der Waals surface area contributed by atoms with E-state index < -0.39 is 28.5 Å². The fourth-order valence-electron chi connectivity index (χ4n) is 4.19. The van der Waals surface area contributed by atoms with Crippen molar-refractivity contribution in [2.24, 2.45) is 0 Å². The number of ether oxygens (including phenoxy) is 2. The Labute approximate surface area is 243 Å². The molecule has 0 spiro atoms. The summed E-state index contributed by atoms with van der Waals surface area (Å²) >= 11 is 0. The molecule has 3 aromatic rings. The van der Waals surface area contributed by atoms with Gasteiger partial charge in [-0.05, 0) is 69.2 Å². The van der Waals surface area contributed by atoms with Crippen LogP contribution in [-0.2, 0) is 26.2 Å². The Morgan fingerprint density at radius 3 is 2.27 bits per heavy atom. The Kier molecular flexibility index (Phi) is 11.2. The van der Waals surface area contributed by atoms with Gasteiger partial charge in [0.25, 0.3) is 10.0 Å². The number of nitrogens with one attached hydrogen (secondary N) is 1. The van der Waals surface area contributed by atoms with Crippen LogP contribution in [0.4, 0.5) is 5.69 Å². The summed E-state index contributed by atoms with van der Waals surface area (Å²) in [6, 6.07) is 20.8. The van der Waals surface area contributed by atoms with Gasteiger partial charge in [-0.1, -0.05) is 49.4 Å². The van der Waals surface area contributed by atoms with E-state index in [0.29, 0.717) is 18.1 Å². The van der Waals surface area contributed by atoms with E-state index in [-0.39, 0.29) is 29.1 Å². The van der Waals surface area contributed by atoms with Gasteiger partial charge in [0, 0.05) is 12.6 Å². The number of hydrogen-bond acceptors (Lipinski definition) is 6. The van der Waals surface area contributed by atoms with Crippen LogP contribution >= 0.6 is 0 Å². The van der Waals surface area contributed by atoms with Crippen LogP contribution in [0, 0.1) is 0 Å². The molecule has 1 N–H and O–H groups in total. The van der Waals surface area contributed by atoms with Crippen molar-refractivity contribution in [3.05, 3.63) is 84.4 Å². The van der Waals surface area contributed by atoms with E-state index in [1.807, 2.05) is 19.9 Å². The molecule has 0 unspecified atom stereocenters. The van der Waals surface area contributed by atoms with Gasteiger partial charge >= 0.3 is 0 Å². The second kappa shape index (κ2) is 14.5. The minimum atomic E-state index is -4.19. The van der Waals surface area contributed by atoms with Crippen molar-refractivity contribution in [1.82, 2.24) is 10.2 Å². The van der Waals surface area contributed by atoms with Crippen molar-refractivity contribution in [3.63, 3.8) is 0 Å². The van der Waals surface area contributed by atoms with E-state index in [9.17, 15) is 18.0 Å². The molecule has 0 radical (unpaired) electrons. The second-order valence-corrected chi connectivity index (χ2v) is 11.5. The number of para-hydroxylation sites is 2. The van der Waals surface area contributed by atoms with E-state index in [0.717, 1.165) is 16.3 Å². The summed E-state index contributed by atoms with van der Waals surface area (Å²) in [5.41, 5.74) is 0.956. The maximum Gasteiger partial charge on any atom is 0.264 e. The molecule has 0 aromatic heterocycles. The van der Waals surface area contributed by atoms with Gasteiger partial charge in [0.1, 0.15) is 24.1 Å². The molecule has 0 saturated heterocycles. The highest BCUT2D eigenvalue weighted by molar-refractivity contribution is 7.92. The molecule has 41 heavy (non-hydrogen) atoms. The van der Waals surface area contributed by atoms with Gasteiger partial charge < -0.3 is 19.7 Å². The molecule has 0 aliphatic rings. The lowest BCUT2D eigenvalue weighted by Gasteiger charge is -2.33. The number of benzene rings is 3. The predicted molar refractivity (Wildman–Crippen MR) is 159 cm³/mol. The predicted octanol–water partition coefficient (Wildman–Crippen LogP) is 4.62. The first kappa shape index (κ1) is 31.5. The Bertz CT molecular complexity index is 1410. The van der Waals surface area contributed by atoms with Crippen molar-refractivity contribution in [1.29, 1.82) is 0 Å². The number of carbonyl (C=O) groups is 2. The fourth-order valence-corrected chi connectivity index (χ4v) is 5.64. The maximum atomic E-state index is 14.1. The van der Waals surface area contributed by atoms with Crippen LogP contribution in [0.15, 0.2) is 83.8 Å². The van der Waals surface area contributed by atoms with Crippen LogP contribution in [0.3, 0.4) is 0 Å². The van der Waals surface area contributed by atoms with Crippen molar-refractivity contribution in [2.75, 3.05) is 24.6 Å². The standard InChI is InChI=1S/C31H39N3O6S/c1-6-23(3)32-31(36)24(4)33(21-25-14-13-15-26(20-25)39-5)30(35)22-34(28-18-11-12-19-29(28)40-7-2)41(37,38)27-16-9-8-10-17-27/h8-20,23-24H,6-7,21-22H2,1-5H3,(H,32,36)/t23-,24-/m1/s1.